The summed E-state index contributed by atoms with van der Waals surface area (Å²) >= 11 is 0. The van der Waals surface area contributed by atoms with Gasteiger partial charge in [-0.1, -0.05) is 27.7 Å². The third-order valence-corrected chi connectivity index (χ3v) is 13.3. The van der Waals surface area contributed by atoms with Crippen molar-refractivity contribution in [3.63, 3.8) is 0 Å². The highest BCUT2D eigenvalue weighted by atomic mass is 32.2. The van der Waals surface area contributed by atoms with Gasteiger partial charge in [-0.3, -0.25) is 14.1 Å². The fraction of sp³-hybridized carbons (Fsp3) is 0.724. The molecule has 0 heterocycles. The first kappa shape index (κ1) is 27.4. The van der Waals surface area contributed by atoms with Crippen molar-refractivity contribution in [3.05, 3.63) is 22.8 Å². The number of benzene rings is 1. The number of carboxylic acid groups (broad SMARTS) is 1. The minimum absolute atomic E-state index is 0.0153. The van der Waals surface area contributed by atoms with E-state index < -0.39 is 60.4 Å². The smallest absolute Gasteiger partial charge is 0.309 e. The Morgan fingerprint density at radius 3 is 2.11 bits per heavy atom. The van der Waals surface area contributed by atoms with Gasteiger partial charge in [0.05, 0.1) is 5.41 Å². The molecule has 9 heteroatoms. The minimum Gasteiger partial charge on any atom is -0.504 e. The van der Waals surface area contributed by atoms with Crippen molar-refractivity contribution in [3.8, 4) is 11.5 Å². The van der Waals surface area contributed by atoms with Crippen LogP contribution in [0.15, 0.2) is 6.07 Å². The molecule has 0 amide bonds. The van der Waals surface area contributed by atoms with Crippen molar-refractivity contribution in [2.75, 3.05) is 0 Å². The quantitative estimate of drug-likeness (QED) is 0.288. The number of hydrogen-bond acceptors (Lipinski definition) is 6. The number of phenolic OH excluding ortho intramolecular Hbond substituents is 2. The molecule has 1 aromatic carbocycles. The van der Waals surface area contributed by atoms with E-state index in [9.17, 15) is 37.9 Å². The van der Waals surface area contributed by atoms with Gasteiger partial charge in [0.15, 0.2) is 22.5 Å². The zero-order valence-electron chi connectivity index (χ0n) is 23.1. The molecule has 5 rings (SSSR count). The van der Waals surface area contributed by atoms with E-state index in [0.29, 0.717) is 37.7 Å². The fourth-order valence-corrected chi connectivity index (χ4v) is 10.7. The van der Waals surface area contributed by atoms with Gasteiger partial charge >= 0.3 is 5.97 Å². The second kappa shape index (κ2) is 7.74. The lowest BCUT2D eigenvalue weighted by Crippen LogP contribution is -2.68. The van der Waals surface area contributed by atoms with Crippen molar-refractivity contribution in [1.29, 1.82) is 0 Å². The molecule has 8 atom stereocenters. The maximum atomic E-state index is 14.4. The largest absolute Gasteiger partial charge is 0.504 e. The maximum Gasteiger partial charge on any atom is 0.309 e. The summed E-state index contributed by atoms with van der Waals surface area (Å²) < 4.78 is 36.0. The molecule has 210 valence electrons. The van der Waals surface area contributed by atoms with Gasteiger partial charge in [-0.2, -0.15) is 8.42 Å². The fourth-order valence-electron chi connectivity index (χ4n) is 9.67. The molecule has 4 aliphatic rings. The molecule has 3 fully saturated rings. The van der Waals surface area contributed by atoms with E-state index in [1.54, 1.807) is 0 Å². The van der Waals surface area contributed by atoms with Gasteiger partial charge in [-0.15, -0.1) is 0 Å². The van der Waals surface area contributed by atoms with E-state index in [2.05, 4.69) is 20.8 Å². The van der Waals surface area contributed by atoms with Gasteiger partial charge in [-0.05, 0) is 104 Å². The summed E-state index contributed by atoms with van der Waals surface area (Å²) in [7, 11) is -4.89. The molecule has 0 bridgehead atoms. The Hall–Kier alpha value is -2.13. The normalized spacial score (nSPS) is 44.4. The van der Waals surface area contributed by atoms with Crippen molar-refractivity contribution in [2.45, 2.75) is 97.2 Å². The SMILES string of the molecule is Cc1c(O)c(O)cc2c1C(S(=O)(=O)O)C(=O)C1[C@@]2(C)CC[C@@]2(C)[C@@H]3C[C@](C)(C(=O)O)CC[C@]3(C)CC[C@]12C. The lowest BCUT2D eigenvalue weighted by Gasteiger charge is -2.71. The summed E-state index contributed by atoms with van der Waals surface area (Å²) in [5, 5.41) is 29.3. The molecule has 0 radical (unpaired) electrons. The summed E-state index contributed by atoms with van der Waals surface area (Å²) in [5.41, 5.74) is -2.30. The lowest BCUT2D eigenvalue weighted by molar-refractivity contribution is -0.212. The van der Waals surface area contributed by atoms with Gasteiger partial charge in [0.25, 0.3) is 10.1 Å². The summed E-state index contributed by atoms with van der Waals surface area (Å²) in [4.78, 5) is 26.7. The van der Waals surface area contributed by atoms with Crippen LogP contribution in [0.3, 0.4) is 0 Å². The number of phenols is 2. The highest BCUT2D eigenvalue weighted by molar-refractivity contribution is 7.86. The van der Waals surface area contributed by atoms with E-state index in [-0.39, 0.29) is 28.2 Å². The van der Waals surface area contributed by atoms with E-state index in [0.717, 1.165) is 12.8 Å². The Kier molecular flexibility index (Phi) is 5.59. The average molecular weight is 549 g/mol. The molecular formula is C29H40O8S. The maximum absolute atomic E-state index is 14.4. The third-order valence-electron chi connectivity index (χ3n) is 12.3. The zero-order chi connectivity index (χ0) is 28.4. The molecule has 0 saturated heterocycles. The Morgan fingerprint density at radius 2 is 1.53 bits per heavy atom. The molecule has 2 unspecified atom stereocenters. The van der Waals surface area contributed by atoms with Gasteiger partial charge < -0.3 is 15.3 Å². The number of hydrogen-bond donors (Lipinski definition) is 4. The molecule has 3 saturated carbocycles. The van der Waals surface area contributed by atoms with Crippen LogP contribution in [-0.2, 0) is 25.1 Å². The van der Waals surface area contributed by atoms with Crippen LogP contribution in [0.4, 0.5) is 0 Å². The molecule has 4 aliphatic carbocycles. The van der Waals surface area contributed by atoms with Crippen molar-refractivity contribution < 1.29 is 37.9 Å². The molecule has 0 aliphatic heterocycles. The molecular weight excluding hydrogens is 508 g/mol. The molecule has 4 N–H and O–H groups in total. The number of rotatable bonds is 2. The number of ketones is 1. The van der Waals surface area contributed by atoms with Gasteiger partial charge in [-0.25, -0.2) is 0 Å². The molecule has 8 nitrogen and oxygen atoms in total. The predicted octanol–water partition coefficient (Wildman–Crippen LogP) is 5.29. The number of Topliss-reactive ketones (excluding diaryl/α,β-unsaturated/α-hetero) is 1. The predicted molar refractivity (Wildman–Crippen MR) is 141 cm³/mol. The summed E-state index contributed by atoms with van der Waals surface area (Å²) in [6.07, 6.45) is 4.57. The van der Waals surface area contributed by atoms with Crippen molar-refractivity contribution >= 4 is 21.9 Å². The van der Waals surface area contributed by atoms with E-state index in [4.69, 9.17) is 0 Å². The number of aromatic hydroxyl groups is 2. The first-order valence-electron chi connectivity index (χ1n) is 13.6. The van der Waals surface area contributed by atoms with Crippen LogP contribution in [0.2, 0.25) is 0 Å². The van der Waals surface area contributed by atoms with E-state index >= 15 is 0 Å². The van der Waals surface area contributed by atoms with Crippen LogP contribution in [0.1, 0.15) is 102 Å². The van der Waals surface area contributed by atoms with Crippen LogP contribution in [0.25, 0.3) is 0 Å². The molecule has 0 spiro atoms. The van der Waals surface area contributed by atoms with Gasteiger partial charge in [0, 0.05) is 11.3 Å². The third kappa shape index (κ3) is 3.20. The zero-order valence-corrected chi connectivity index (χ0v) is 23.9. The first-order chi connectivity index (χ1) is 17.3. The lowest BCUT2D eigenvalue weighted by atomic mass is 9.32. The molecule has 1 aromatic rings. The summed E-state index contributed by atoms with van der Waals surface area (Å²) in [6, 6.07) is 1.37. The van der Waals surface area contributed by atoms with Crippen LogP contribution >= 0.6 is 0 Å². The Bertz CT molecular complexity index is 1370. The number of aliphatic carboxylic acids is 1. The standard InChI is InChI=1S/C29H40O8S/c1-15-19-16(13-17(30)20(15)31)27(4)10-12-28(5)18-14-26(3,24(33)34)8-7-25(18,2)9-11-29(28,6)23(27)21(32)22(19)38(35,36)37/h13,18,22-23,30-31H,7-12,14H2,1-6H3,(H,33,34)(H,35,36,37)/t18-,22?,23?,25-,26-,27+,28+,29-/m1/s1. The number of carbonyl (C=O) groups is 2. The van der Waals surface area contributed by atoms with E-state index in [1.807, 2.05) is 13.8 Å². The average Bonchev–Trinajstić information content (AvgIpc) is 2.80. The van der Waals surface area contributed by atoms with Crippen LogP contribution in [0, 0.1) is 40.4 Å². The summed E-state index contributed by atoms with van der Waals surface area (Å²) in [6.45, 7) is 11.7. The van der Waals surface area contributed by atoms with Crippen molar-refractivity contribution in [2.24, 2.45) is 33.5 Å². The first-order valence-corrected chi connectivity index (χ1v) is 15.1. The molecule has 0 aromatic heterocycles. The van der Waals surface area contributed by atoms with Crippen LogP contribution < -0.4 is 0 Å². The number of carboxylic acids is 1. The van der Waals surface area contributed by atoms with Crippen LogP contribution in [0.5, 0.6) is 11.5 Å². The van der Waals surface area contributed by atoms with Crippen LogP contribution in [-0.4, -0.2) is 40.0 Å². The topological polar surface area (TPSA) is 149 Å². The van der Waals surface area contributed by atoms with Gasteiger partial charge in [0.2, 0.25) is 0 Å². The Balaban J connectivity index is 1.74. The van der Waals surface area contributed by atoms with E-state index in [1.165, 1.54) is 13.0 Å². The second-order valence-corrected chi connectivity index (χ2v) is 15.6. The van der Waals surface area contributed by atoms with Crippen molar-refractivity contribution in [1.82, 2.24) is 0 Å². The number of fused-ring (bicyclic) bond motifs is 7. The minimum atomic E-state index is -4.89. The highest BCUT2D eigenvalue weighted by Gasteiger charge is 2.72. The number of carbonyl (C=O) groups excluding carboxylic acids is 1. The monoisotopic (exact) mass is 548 g/mol. The van der Waals surface area contributed by atoms with Gasteiger partial charge in [0.1, 0.15) is 0 Å². The highest BCUT2D eigenvalue weighted by Crippen LogP contribution is 2.75. The molecule has 38 heavy (non-hydrogen) atoms. The second-order valence-electron chi connectivity index (χ2n) is 14.1. The Labute approximate surface area is 224 Å². The Morgan fingerprint density at radius 1 is 0.947 bits per heavy atom. The summed E-state index contributed by atoms with van der Waals surface area (Å²) in [5.74, 6) is -3.03.